The number of piperidine rings is 2. The van der Waals surface area contributed by atoms with Crippen molar-refractivity contribution in [2.45, 2.75) is 38.3 Å². The largest absolute Gasteiger partial charge is 0.352 e. The van der Waals surface area contributed by atoms with Crippen LogP contribution in [0.15, 0.2) is 37.2 Å². The molecule has 2 aliphatic rings. The lowest BCUT2D eigenvalue weighted by atomic mass is 9.93. The Bertz CT molecular complexity index is 554. The van der Waals surface area contributed by atoms with Gasteiger partial charge in [-0.05, 0) is 63.0 Å². The summed E-state index contributed by atoms with van der Waals surface area (Å²) in [6, 6.07) is 4.83. The maximum atomic E-state index is 12.2. The highest BCUT2D eigenvalue weighted by molar-refractivity contribution is 5.79. The summed E-state index contributed by atoms with van der Waals surface area (Å²) in [5.41, 5.74) is 1.34. The topological polar surface area (TPSA) is 48.5 Å². The van der Waals surface area contributed by atoms with E-state index in [1.54, 1.807) is 6.08 Å². The first-order valence-electron chi connectivity index (χ1n) is 9.50. The Kier molecular flexibility index (Phi) is 6.59. The fraction of sp³-hybridized carbons (Fsp3) is 0.600. The third-order valence-corrected chi connectivity index (χ3v) is 5.47. The van der Waals surface area contributed by atoms with Gasteiger partial charge in [-0.3, -0.25) is 19.6 Å². The summed E-state index contributed by atoms with van der Waals surface area (Å²) in [7, 11) is 0. The van der Waals surface area contributed by atoms with Crippen LogP contribution < -0.4 is 5.32 Å². The molecule has 3 heterocycles. The summed E-state index contributed by atoms with van der Waals surface area (Å²) >= 11 is 0. The van der Waals surface area contributed by atoms with E-state index in [9.17, 15) is 4.79 Å². The maximum Gasteiger partial charge on any atom is 0.224 e. The fourth-order valence-electron chi connectivity index (χ4n) is 4.06. The van der Waals surface area contributed by atoms with Gasteiger partial charge in [0, 0.05) is 38.1 Å². The van der Waals surface area contributed by atoms with E-state index in [1.807, 2.05) is 12.4 Å². The standard InChI is InChI=1S/C20H30N4O/c1-2-9-22-20(25)18-4-3-12-24(16-18)19-7-13-23(14-8-19)15-17-5-10-21-11-6-17/h2,5-6,10-11,18-19H,1,3-4,7-9,12-16H2,(H,22,25). The molecule has 0 aromatic carbocycles. The van der Waals surface area contributed by atoms with Gasteiger partial charge in [0.15, 0.2) is 0 Å². The average molecular weight is 342 g/mol. The molecule has 1 amide bonds. The molecule has 1 aromatic rings. The zero-order chi connectivity index (χ0) is 17.5. The van der Waals surface area contributed by atoms with Gasteiger partial charge in [0.2, 0.25) is 5.91 Å². The molecule has 0 spiro atoms. The normalized spacial score (nSPS) is 23.3. The van der Waals surface area contributed by atoms with Crippen molar-refractivity contribution in [3.8, 4) is 0 Å². The molecular weight excluding hydrogens is 312 g/mol. The first-order chi connectivity index (χ1) is 12.3. The van der Waals surface area contributed by atoms with Crippen molar-refractivity contribution < 1.29 is 4.79 Å². The highest BCUT2D eigenvalue weighted by atomic mass is 16.1. The SMILES string of the molecule is C=CCNC(=O)C1CCCN(C2CCN(Cc3ccncc3)CC2)C1. The molecule has 0 bridgehead atoms. The molecule has 1 unspecified atom stereocenters. The number of rotatable bonds is 6. The van der Waals surface area contributed by atoms with Gasteiger partial charge in [-0.2, -0.15) is 0 Å². The highest BCUT2D eigenvalue weighted by Gasteiger charge is 2.31. The number of hydrogen-bond acceptors (Lipinski definition) is 4. The lowest BCUT2D eigenvalue weighted by Crippen LogP contribution is -2.50. The minimum Gasteiger partial charge on any atom is -0.352 e. The third kappa shape index (κ3) is 5.13. The van der Waals surface area contributed by atoms with Crippen LogP contribution in [0.3, 0.4) is 0 Å². The summed E-state index contributed by atoms with van der Waals surface area (Å²) in [5.74, 6) is 0.336. The second-order valence-electron chi connectivity index (χ2n) is 7.23. The average Bonchev–Trinajstić information content (AvgIpc) is 2.67. The van der Waals surface area contributed by atoms with Gasteiger partial charge < -0.3 is 5.32 Å². The molecule has 1 atom stereocenters. The Morgan fingerprint density at radius 1 is 1.24 bits per heavy atom. The Balaban J connectivity index is 1.45. The molecule has 5 nitrogen and oxygen atoms in total. The molecule has 2 saturated heterocycles. The minimum atomic E-state index is 0.142. The molecular formula is C20H30N4O. The Morgan fingerprint density at radius 2 is 2.00 bits per heavy atom. The lowest BCUT2D eigenvalue weighted by Gasteiger charge is -2.42. The molecule has 1 aromatic heterocycles. The van der Waals surface area contributed by atoms with Crippen LogP contribution >= 0.6 is 0 Å². The van der Waals surface area contributed by atoms with E-state index in [0.717, 1.165) is 45.6 Å². The highest BCUT2D eigenvalue weighted by Crippen LogP contribution is 2.24. The number of carbonyl (C=O) groups is 1. The monoisotopic (exact) mass is 342 g/mol. The minimum absolute atomic E-state index is 0.142. The van der Waals surface area contributed by atoms with E-state index >= 15 is 0 Å². The Morgan fingerprint density at radius 3 is 2.72 bits per heavy atom. The number of carbonyl (C=O) groups excluding carboxylic acids is 1. The van der Waals surface area contributed by atoms with Gasteiger partial charge >= 0.3 is 0 Å². The van der Waals surface area contributed by atoms with E-state index in [-0.39, 0.29) is 11.8 Å². The predicted octanol–water partition coefficient (Wildman–Crippen LogP) is 2.06. The number of aromatic nitrogens is 1. The van der Waals surface area contributed by atoms with Gasteiger partial charge in [0.05, 0.1) is 5.92 Å². The van der Waals surface area contributed by atoms with Crippen LogP contribution in [-0.4, -0.2) is 59.5 Å². The van der Waals surface area contributed by atoms with Crippen LogP contribution in [0.2, 0.25) is 0 Å². The van der Waals surface area contributed by atoms with E-state index in [0.29, 0.717) is 12.6 Å². The van der Waals surface area contributed by atoms with Crippen molar-refractivity contribution in [1.82, 2.24) is 20.1 Å². The second-order valence-corrected chi connectivity index (χ2v) is 7.23. The van der Waals surface area contributed by atoms with Gasteiger partial charge in [0.25, 0.3) is 0 Å². The van der Waals surface area contributed by atoms with Gasteiger partial charge in [-0.25, -0.2) is 0 Å². The quantitative estimate of drug-likeness (QED) is 0.804. The second kappa shape index (κ2) is 9.11. The van der Waals surface area contributed by atoms with Gasteiger partial charge in [-0.15, -0.1) is 6.58 Å². The number of hydrogen-bond donors (Lipinski definition) is 1. The van der Waals surface area contributed by atoms with E-state index in [4.69, 9.17) is 0 Å². The van der Waals surface area contributed by atoms with E-state index in [1.165, 1.54) is 18.4 Å². The fourth-order valence-corrected chi connectivity index (χ4v) is 4.06. The van der Waals surface area contributed by atoms with Crippen molar-refractivity contribution in [3.05, 3.63) is 42.7 Å². The molecule has 3 rings (SSSR count). The van der Waals surface area contributed by atoms with Crippen LogP contribution in [0.5, 0.6) is 0 Å². The summed E-state index contributed by atoms with van der Waals surface area (Å²) in [6.45, 7) is 9.58. The number of nitrogens with one attached hydrogen (secondary N) is 1. The maximum absolute atomic E-state index is 12.2. The molecule has 25 heavy (non-hydrogen) atoms. The summed E-state index contributed by atoms with van der Waals surface area (Å²) < 4.78 is 0. The molecule has 0 radical (unpaired) electrons. The smallest absolute Gasteiger partial charge is 0.224 e. The number of nitrogens with zero attached hydrogens (tertiary/aromatic N) is 3. The molecule has 2 aliphatic heterocycles. The van der Waals surface area contributed by atoms with Crippen molar-refractivity contribution >= 4 is 5.91 Å². The number of likely N-dealkylation sites (tertiary alicyclic amines) is 2. The Hall–Kier alpha value is -1.72. The van der Waals surface area contributed by atoms with Crippen molar-refractivity contribution in [2.75, 3.05) is 32.7 Å². The third-order valence-electron chi connectivity index (χ3n) is 5.47. The van der Waals surface area contributed by atoms with Crippen LogP contribution in [0.1, 0.15) is 31.2 Å². The van der Waals surface area contributed by atoms with Crippen LogP contribution in [0, 0.1) is 5.92 Å². The van der Waals surface area contributed by atoms with Crippen LogP contribution in [-0.2, 0) is 11.3 Å². The first-order valence-corrected chi connectivity index (χ1v) is 9.50. The first kappa shape index (κ1) is 18.1. The van der Waals surface area contributed by atoms with Crippen LogP contribution in [0.4, 0.5) is 0 Å². The van der Waals surface area contributed by atoms with E-state index in [2.05, 4.69) is 38.8 Å². The summed E-state index contributed by atoms with van der Waals surface area (Å²) in [6.07, 6.45) is 10.0. The Labute approximate surface area is 151 Å². The molecule has 0 saturated carbocycles. The zero-order valence-corrected chi connectivity index (χ0v) is 15.1. The number of pyridine rings is 1. The summed E-state index contributed by atoms with van der Waals surface area (Å²) in [4.78, 5) is 21.4. The molecule has 2 fully saturated rings. The van der Waals surface area contributed by atoms with Crippen molar-refractivity contribution in [3.63, 3.8) is 0 Å². The lowest BCUT2D eigenvalue weighted by molar-refractivity contribution is -0.127. The molecule has 0 aliphatic carbocycles. The van der Waals surface area contributed by atoms with Crippen LogP contribution in [0.25, 0.3) is 0 Å². The summed E-state index contributed by atoms with van der Waals surface area (Å²) in [5, 5.41) is 2.96. The molecule has 5 heteroatoms. The van der Waals surface area contributed by atoms with Crippen molar-refractivity contribution in [1.29, 1.82) is 0 Å². The van der Waals surface area contributed by atoms with Gasteiger partial charge in [0.1, 0.15) is 0 Å². The van der Waals surface area contributed by atoms with Gasteiger partial charge in [-0.1, -0.05) is 6.08 Å². The zero-order valence-electron chi connectivity index (χ0n) is 15.1. The predicted molar refractivity (Wildman–Crippen MR) is 100 cm³/mol. The molecule has 136 valence electrons. The molecule has 1 N–H and O–H groups in total. The van der Waals surface area contributed by atoms with E-state index < -0.39 is 0 Å². The van der Waals surface area contributed by atoms with Crippen molar-refractivity contribution in [2.24, 2.45) is 5.92 Å². The number of amides is 1.